The molecule has 0 saturated carbocycles. The molecule has 0 bridgehead atoms. The van der Waals surface area contributed by atoms with Crippen LogP contribution < -0.4 is 15.5 Å². The van der Waals surface area contributed by atoms with Crippen LogP contribution in [0.4, 0.5) is 11.4 Å². The maximum absolute atomic E-state index is 11.0. The van der Waals surface area contributed by atoms with E-state index in [2.05, 4.69) is 101 Å². The first-order valence-electron chi connectivity index (χ1n) is 10.1. The summed E-state index contributed by atoms with van der Waals surface area (Å²) in [5.74, 6) is 0.438. The summed E-state index contributed by atoms with van der Waals surface area (Å²) in [6.07, 6.45) is 0. The van der Waals surface area contributed by atoms with Crippen molar-refractivity contribution < 1.29 is 22.1 Å². The van der Waals surface area contributed by atoms with Crippen molar-refractivity contribution in [1.29, 1.82) is 0 Å². The molecule has 0 aliphatic carbocycles. The standard InChI is InChI=1S/C25H30NOP.2ClH.Ti/c1-17-15-20(25(3,4)5)23(27)22(16-17)28-24-18(2)11-10-14-21(24)26(6)19-12-8-7-9-13-19;;;/h7-16,27-28H,1-6H3;2*1H;/q;;;+2/p-2. The topological polar surface area (TPSA) is 23.5 Å². The molecule has 0 aromatic heterocycles. The Morgan fingerprint density at radius 3 is 2.13 bits per heavy atom. The Balaban J connectivity index is 0.00000107. The van der Waals surface area contributed by atoms with Crippen molar-refractivity contribution in [2.75, 3.05) is 11.9 Å². The molecule has 0 aliphatic rings. The third-order valence-electron chi connectivity index (χ3n) is 5.08. The summed E-state index contributed by atoms with van der Waals surface area (Å²) in [4.78, 5) is 2.23. The third kappa shape index (κ3) is 6.98. The molecular formula is C25H30Cl2NOPTi. The van der Waals surface area contributed by atoms with Crippen LogP contribution in [0.25, 0.3) is 0 Å². The van der Waals surface area contributed by atoms with Gasteiger partial charge in [0.25, 0.3) is 0 Å². The van der Waals surface area contributed by atoms with Crippen molar-refractivity contribution in [3.8, 4) is 5.75 Å². The zero-order valence-electron chi connectivity index (χ0n) is 18.9. The summed E-state index contributed by atoms with van der Waals surface area (Å²) < 4.78 is 0. The minimum absolute atomic E-state index is 0.0925. The number of rotatable bonds is 4. The van der Waals surface area contributed by atoms with E-state index in [0.29, 0.717) is 14.3 Å². The van der Waals surface area contributed by atoms with Crippen LogP contribution in [0, 0.1) is 13.8 Å². The van der Waals surface area contributed by atoms with E-state index in [0.717, 1.165) is 16.6 Å². The molecule has 0 amide bonds. The SMILES string of the molecule is Cc1cc(Pc2c(C)cccc2N(C)c2ccccc2)c(O)c(C(C)(C)C)c1.[Cl][Ti][Cl]. The quantitative estimate of drug-likeness (QED) is 0.300. The Kier molecular flexibility index (Phi) is 9.93. The van der Waals surface area contributed by atoms with Gasteiger partial charge in [0, 0.05) is 34.6 Å². The predicted molar refractivity (Wildman–Crippen MR) is 137 cm³/mol. The van der Waals surface area contributed by atoms with Gasteiger partial charge >= 0.3 is 35.6 Å². The molecule has 31 heavy (non-hydrogen) atoms. The van der Waals surface area contributed by atoms with Crippen LogP contribution in [0.1, 0.15) is 37.5 Å². The van der Waals surface area contributed by atoms with Gasteiger partial charge in [-0.3, -0.25) is 0 Å². The van der Waals surface area contributed by atoms with Gasteiger partial charge in [-0.1, -0.05) is 65.8 Å². The Bertz CT molecular complexity index is 1010. The van der Waals surface area contributed by atoms with E-state index in [-0.39, 0.29) is 5.41 Å². The summed E-state index contributed by atoms with van der Waals surface area (Å²) in [5, 5.41) is 13.3. The van der Waals surface area contributed by atoms with Crippen LogP contribution in [-0.4, -0.2) is 12.2 Å². The molecular weight excluding hydrogens is 480 g/mol. The fraction of sp³-hybridized carbons (Fsp3) is 0.280. The molecule has 0 radical (unpaired) electrons. The number of hydrogen-bond donors (Lipinski definition) is 1. The van der Waals surface area contributed by atoms with Crippen LogP contribution in [0.2, 0.25) is 0 Å². The van der Waals surface area contributed by atoms with Crippen LogP contribution in [0.5, 0.6) is 5.75 Å². The molecule has 1 atom stereocenters. The Labute approximate surface area is 205 Å². The van der Waals surface area contributed by atoms with Crippen LogP contribution in [0.3, 0.4) is 0 Å². The van der Waals surface area contributed by atoms with Crippen LogP contribution >= 0.6 is 27.2 Å². The van der Waals surface area contributed by atoms with E-state index < -0.39 is 17.0 Å². The van der Waals surface area contributed by atoms with Gasteiger partial charge in [-0.05, 0) is 54.7 Å². The van der Waals surface area contributed by atoms with Crippen molar-refractivity contribution in [2.24, 2.45) is 0 Å². The number of aryl methyl sites for hydroxylation is 2. The normalized spacial score (nSPS) is 11.2. The molecule has 3 rings (SSSR count). The summed E-state index contributed by atoms with van der Waals surface area (Å²) in [5.41, 5.74) is 5.70. The van der Waals surface area contributed by atoms with E-state index in [1.54, 1.807) is 0 Å². The van der Waals surface area contributed by atoms with Crippen LogP contribution in [0.15, 0.2) is 60.7 Å². The van der Waals surface area contributed by atoms with E-state index in [4.69, 9.17) is 18.6 Å². The second-order valence-corrected chi connectivity index (χ2v) is 12.4. The number of nitrogens with zero attached hydrogens (tertiary/aromatic N) is 1. The number of phenols is 1. The van der Waals surface area contributed by atoms with Crippen LogP contribution in [-0.2, 0) is 22.4 Å². The Morgan fingerprint density at radius 2 is 1.55 bits per heavy atom. The molecule has 1 N–H and O–H groups in total. The second-order valence-electron chi connectivity index (χ2n) is 8.52. The van der Waals surface area contributed by atoms with Gasteiger partial charge in [-0.15, -0.1) is 0 Å². The number of phenolic OH excluding ortho intramolecular Hbond substituents is 1. The third-order valence-corrected chi connectivity index (χ3v) is 6.63. The summed E-state index contributed by atoms with van der Waals surface area (Å²) >= 11 is -0.556. The zero-order valence-corrected chi connectivity index (χ0v) is 23.0. The Hall–Kier alpha value is -1.02. The number of aromatic hydroxyl groups is 1. The number of hydrogen-bond acceptors (Lipinski definition) is 2. The molecule has 0 aliphatic heterocycles. The second kappa shape index (κ2) is 11.7. The van der Waals surface area contributed by atoms with Crippen molar-refractivity contribution in [2.45, 2.75) is 40.0 Å². The molecule has 3 aromatic rings. The molecule has 164 valence electrons. The molecule has 0 spiro atoms. The van der Waals surface area contributed by atoms with Gasteiger partial charge in [0.2, 0.25) is 0 Å². The average Bonchev–Trinajstić information content (AvgIpc) is 2.71. The van der Waals surface area contributed by atoms with Gasteiger partial charge in [-0.25, -0.2) is 0 Å². The van der Waals surface area contributed by atoms with Gasteiger partial charge < -0.3 is 10.0 Å². The molecule has 3 aromatic carbocycles. The average molecular weight is 510 g/mol. The van der Waals surface area contributed by atoms with Gasteiger partial charge in [-0.2, -0.15) is 0 Å². The van der Waals surface area contributed by atoms with E-state index in [1.807, 2.05) is 6.07 Å². The summed E-state index contributed by atoms with van der Waals surface area (Å²) in [6, 6.07) is 21.1. The Morgan fingerprint density at radius 1 is 0.935 bits per heavy atom. The summed E-state index contributed by atoms with van der Waals surface area (Å²) in [6.45, 7) is 10.7. The molecule has 0 fully saturated rings. The van der Waals surface area contributed by atoms with Crippen molar-refractivity contribution in [1.82, 2.24) is 0 Å². The van der Waals surface area contributed by atoms with E-state index in [9.17, 15) is 5.11 Å². The fourth-order valence-corrected chi connectivity index (χ4v) is 4.95. The van der Waals surface area contributed by atoms with Crippen molar-refractivity contribution in [3.63, 3.8) is 0 Å². The molecule has 6 heteroatoms. The van der Waals surface area contributed by atoms with Crippen molar-refractivity contribution in [3.05, 3.63) is 77.4 Å². The zero-order chi connectivity index (χ0) is 23.2. The van der Waals surface area contributed by atoms with Gasteiger partial charge in [0.15, 0.2) is 0 Å². The van der Waals surface area contributed by atoms with E-state index in [1.165, 1.54) is 22.1 Å². The van der Waals surface area contributed by atoms with Crippen molar-refractivity contribution >= 4 is 49.2 Å². The van der Waals surface area contributed by atoms with E-state index >= 15 is 0 Å². The predicted octanol–water partition coefficient (Wildman–Crippen LogP) is 7.08. The first-order chi connectivity index (χ1) is 14.6. The maximum atomic E-state index is 11.0. The molecule has 2 nitrogen and oxygen atoms in total. The van der Waals surface area contributed by atoms with Gasteiger partial charge in [0.1, 0.15) is 5.75 Å². The van der Waals surface area contributed by atoms with Gasteiger partial charge in [0.05, 0.1) is 0 Å². The number of halogens is 2. The molecule has 1 unspecified atom stereocenters. The number of benzene rings is 3. The molecule has 0 heterocycles. The minimum atomic E-state index is -0.556. The summed E-state index contributed by atoms with van der Waals surface area (Å²) in [7, 11) is 12.3. The molecule has 0 saturated heterocycles. The monoisotopic (exact) mass is 509 g/mol. The number of anilines is 2. The fourth-order valence-electron chi connectivity index (χ4n) is 3.47. The first-order valence-corrected chi connectivity index (χ1v) is 15.4. The number of para-hydroxylation sites is 1. The first kappa shape index (κ1) is 26.2.